The van der Waals surface area contributed by atoms with Gasteiger partial charge in [0, 0.05) is 44.8 Å². The number of rotatable bonds is 8. The van der Waals surface area contributed by atoms with Crippen molar-refractivity contribution in [2.24, 2.45) is 0 Å². The van der Waals surface area contributed by atoms with Crippen molar-refractivity contribution in [2.45, 2.75) is 32.0 Å². The molecule has 9 heteroatoms. The molecule has 0 bridgehead atoms. The van der Waals surface area contributed by atoms with E-state index in [0.29, 0.717) is 49.8 Å². The van der Waals surface area contributed by atoms with E-state index in [9.17, 15) is 9.59 Å². The van der Waals surface area contributed by atoms with Gasteiger partial charge in [-0.15, -0.1) is 0 Å². The standard InChI is InChI=1S/C27H35N3O6/c1-33-23-12-11-21(24(34-2)25(23)35-3)18-28-14-16-29(17-15-28)26(31)22-10-7-13-30(22)27(32)36-19-20-8-5-4-6-9-20/h4-6,8-9,11-12,22H,7,10,13-19H2,1-3H3/t22-/m0/s1. The van der Waals surface area contributed by atoms with Crippen LogP contribution in [0.15, 0.2) is 42.5 Å². The fourth-order valence-corrected chi connectivity index (χ4v) is 4.91. The highest BCUT2D eigenvalue weighted by Crippen LogP contribution is 2.40. The zero-order chi connectivity index (χ0) is 25.5. The summed E-state index contributed by atoms with van der Waals surface area (Å²) in [5.41, 5.74) is 1.92. The molecule has 2 saturated heterocycles. The van der Waals surface area contributed by atoms with Crippen LogP contribution in [0.25, 0.3) is 0 Å². The highest BCUT2D eigenvalue weighted by molar-refractivity contribution is 5.86. The summed E-state index contributed by atoms with van der Waals surface area (Å²) in [7, 11) is 4.82. The lowest BCUT2D eigenvalue weighted by atomic mass is 10.1. The number of ether oxygens (including phenoxy) is 4. The molecule has 36 heavy (non-hydrogen) atoms. The van der Waals surface area contributed by atoms with Crippen molar-refractivity contribution in [2.75, 3.05) is 54.1 Å². The third-order valence-corrected chi connectivity index (χ3v) is 6.84. The lowest BCUT2D eigenvalue weighted by Crippen LogP contribution is -2.54. The Morgan fingerprint density at radius 3 is 2.25 bits per heavy atom. The van der Waals surface area contributed by atoms with Crippen molar-refractivity contribution in [3.63, 3.8) is 0 Å². The largest absolute Gasteiger partial charge is 0.493 e. The molecule has 9 nitrogen and oxygen atoms in total. The number of likely N-dealkylation sites (tertiary alicyclic amines) is 1. The Hall–Kier alpha value is -3.46. The van der Waals surface area contributed by atoms with Gasteiger partial charge < -0.3 is 23.8 Å². The molecule has 2 aromatic carbocycles. The van der Waals surface area contributed by atoms with Crippen molar-refractivity contribution >= 4 is 12.0 Å². The minimum atomic E-state index is -0.453. The van der Waals surface area contributed by atoms with Crippen molar-refractivity contribution in [1.82, 2.24) is 14.7 Å². The molecule has 0 unspecified atom stereocenters. The third kappa shape index (κ3) is 5.67. The highest BCUT2D eigenvalue weighted by Gasteiger charge is 2.38. The summed E-state index contributed by atoms with van der Waals surface area (Å²) in [6.45, 7) is 4.10. The van der Waals surface area contributed by atoms with E-state index < -0.39 is 12.1 Å². The van der Waals surface area contributed by atoms with Crippen molar-refractivity contribution in [3.8, 4) is 17.2 Å². The molecule has 0 saturated carbocycles. The monoisotopic (exact) mass is 497 g/mol. The SMILES string of the molecule is COc1ccc(CN2CCN(C(=O)[C@@H]3CCCN3C(=O)OCc3ccccc3)CC2)c(OC)c1OC. The third-order valence-electron chi connectivity index (χ3n) is 6.84. The minimum Gasteiger partial charge on any atom is -0.493 e. The Labute approximate surface area is 212 Å². The number of hydrogen-bond donors (Lipinski definition) is 0. The summed E-state index contributed by atoms with van der Waals surface area (Å²) in [4.78, 5) is 31.8. The van der Waals surface area contributed by atoms with E-state index in [1.165, 1.54) is 0 Å². The fraction of sp³-hybridized carbons (Fsp3) is 0.481. The van der Waals surface area contributed by atoms with Gasteiger partial charge in [0.05, 0.1) is 21.3 Å². The lowest BCUT2D eigenvalue weighted by Gasteiger charge is -2.37. The molecule has 1 atom stereocenters. The Balaban J connectivity index is 1.32. The molecular weight excluding hydrogens is 462 g/mol. The summed E-state index contributed by atoms with van der Waals surface area (Å²) < 4.78 is 22.0. The van der Waals surface area contributed by atoms with Gasteiger partial charge in [0.2, 0.25) is 11.7 Å². The van der Waals surface area contributed by atoms with E-state index in [2.05, 4.69) is 4.90 Å². The van der Waals surface area contributed by atoms with Crippen molar-refractivity contribution in [3.05, 3.63) is 53.6 Å². The van der Waals surface area contributed by atoms with Crippen LogP contribution in [0.3, 0.4) is 0 Å². The van der Waals surface area contributed by atoms with Gasteiger partial charge in [0.1, 0.15) is 12.6 Å². The highest BCUT2D eigenvalue weighted by atomic mass is 16.6. The topological polar surface area (TPSA) is 80.8 Å². The molecule has 2 aromatic rings. The first-order chi connectivity index (χ1) is 17.5. The van der Waals surface area contributed by atoms with Gasteiger partial charge in [0.15, 0.2) is 11.5 Å². The van der Waals surface area contributed by atoms with Crippen molar-refractivity contribution in [1.29, 1.82) is 0 Å². The van der Waals surface area contributed by atoms with Gasteiger partial charge in [-0.1, -0.05) is 36.4 Å². The minimum absolute atomic E-state index is 0.00695. The number of methoxy groups -OCH3 is 3. The first-order valence-electron chi connectivity index (χ1n) is 12.3. The first-order valence-corrected chi connectivity index (χ1v) is 12.3. The van der Waals surface area contributed by atoms with Crippen LogP contribution in [0.4, 0.5) is 4.79 Å². The van der Waals surface area contributed by atoms with Gasteiger partial charge in [-0.05, 0) is 24.5 Å². The van der Waals surface area contributed by atoms with Crippen LogP contribution in [0.5, 0.6) is 17.2 Å². The summed E-state index contributed by atoms with van der Waals surface area (Å²) in [5, 5.41) is 0. The zero-order valence-corrected chi connectivity index (χ0v) is 21.3. The second kappa shape index (κ2) is 12.0. The number of nitrogens with zero attached hydrogens (tertiary/aromatic N) is 3. The Morgan fingerprint density at radius 1 is 0.861 bits per heavy atom. The summed E-state index contributed by atoms with van der Waals surface area (Å²) in [6, 6.07) is 13.0. The molecule has 2 heterocycles. The van der Waals surface area contributed by atoms with Crippen LogP contribution in [0.1, 0.15) is 24.0 Å². The lowest BCUT2D eigenvalue weighted by molar-refractivity contribution is -0.137. The van der Waals surface area contributed by atoms with Crippen LogP contribution in [0, 0.1) is 0 Å². The maximum absolute atomic E-state index is 13.3. The van der Waals surface area contributed by atoms with Crippen LogP contribution >= 0.6 is 0 Å². The molecule has 2 aliphatic heterocycles. The molecule has 194 valence electrons. The van der Waals surface area contributed by atoms with E-state index >= 15 is 0 Å². The summed E-state index contributed by atoms with van der Waals surface area (Å²) in [6.07, 6.45) is 1.05. The van der Waals surface area contributed by atoms with E-state index in [0.717, 1.165) is 30.6 Å². The number of carbonyl (C=O) groups excluding carboxylic acids is 2. The van der Waals surface area contributed by atoms with Gasteiger partial charge in [0.25, 0.3) is 0 Å². The number of carbonyl (C=O) groups is 2. The van der Waals surface area contributed by atoms with E-state index in [1.807, 2.05) is 47.4 Å². The number of amides is 2. The second-order valence-electron chi connectivity index (χ2n) is 8.99. The summed E-state index contributed by atoms with van der Waals surface area (Å²) in [5.74, 6) is 1.86. The maximum Gasteiger partial charge on any atom is 0.410 e. The second-order valence-corrected chi connectivity index (χ2v) is 8.99. The first kappa shape index (κ1) is 25.6. The van der Waals surface area contributed by atoms with Gasteiger partial charge in [-0.3, -0.25) is 14.6 Å². The van der Waals surface area contributed by atoms with Crippen molar-refractivity contribution < 1.29 is 28.5 Å². The van der Waals surface area contributed by atoms with Crippen LogP contribution in [0.2, 0.25) is 0 Å². The predicted molar refractivity (Wildman–Crippen MR) is 134 cm³/mol. The number of benzene rings is 2. The van der Waals surface area contributed by atoms with E-state index in [-0.39, 0.29) is 12.5 Å². The Bertz CT molecular complexity index is 1040. The molecule has 0 radical (unpaired) electrons. The predicted octanol–water partition coefficient (Wildman–Crippen LogP) is 3.16. The van der Waals surface area contributed by atoms with Gasteiger partial charge >= 0.3 is 6.09 Å². The average molecular weight is 498 g/mol. The van der Waals surface area contributed by atoms with Crippen LogP contribution in [-0.2, 0) is 22.7 Å². The smallest absolute Gasteiger partial charge is 0.410 e. The number of hydrogen-bond acceptors (Lipinski definition) is 7. The average Bonchev–Trinajstić information content (AvgIpc) is 3.42. The van der Waals surface area contributed by atoms with E-state index in [4.69, 9.17) is 18.9 Å². The van der Waals surface area contributed by atoms with Gasteiger partial charge in [-0.25, -0.2) is 4.79 Å². The molecule has 0 aromatic heterocycles. The molecule has 0 spiro atoms. The molecule has 4 rings (SSSR count). The quantitative estimate of drug-likeness (QED) is 0.554. The number of piperazine rings is 1. The normalized spacial score (nSPS) is 18.1. The van der Waals surface area contributed by atoms with Gasteiger partial charge in [-0.2, -0.15) is 0 Å². The maximum atomic E-state index is 13.3. The molecule has 0 aliphatic carbocycles. The molecule has 2 aliphatic rings. The molecule has 2 fully saturated rings. The summed E-state index contributed by atoms with van der Waals surface area (Å²) >= 11 is 0. The molecule has 2 amide bonds. The van der Waals surface area contributed by atoms with Crippen LogP contribution < -0.4 is 14.2 Å². The zero-order valence-electron chi connectivity index (χ0n) is 21.3. The van der Waals surface area contributed by atoms with Crippen LogP contribution in [-0.4, -0.2) is 86.8 Å². The Morgan fingerprint density at radius 2 is 1.58 bits per heavy atom. The fourth-order valence-electron chi connectivity index (χ4n) is 4.91. The van der Waals surface area contributed by atoms with E-state index in [1.54, 1.807) is 26.2 Å². The molecule has 0 N–H and O–H groups in total. The Kier molecular flexibility index (Phi) is 8.53. The molecular formula is C27H35N3O6.